The van der Waals surface area contributed by atoms with Crippen LogP contribution in [-0.2, 0) is 27.6 Å². The Morgan fingerprint density at radius 1 is 1.13 bits per heavy atom. The Morgan fingerprint density at radius 3 is 2.70 bits per heavy atom. The minimum Gasteiger partial charge on any atom is -0.465 e. The largest absolute Gasteiger partial charge is 0.465 e. The normalized spacial score (nSPS) is 17.8. The Bertz CT molecular complexity index is 1090. The van der Waals surface area contributed by atoms with Gasteiger partial charge in [0.1, 0.15) is 5.00 Å². The van der Waals surface area contributed by atoms with Crippen LogP contribution in [0.2, 0.25) is 0 Å². The van der Waals surface area contributed by atoms with Crippen LogP contribution < -0.4 is 9.62 Å². The van der Waals surface area contributed by atoms with Gasteiger partial charge in [0.05, 0.1) is 24.1 Å². The molecule has 9 heteroatoms. The Balaban J connectivity index is 1.62. The van der Waals surface area contributed by atoms with Gasteiger partial charge in [-0.25, -0.2) is 13.2 Å². The van der Waals surface area contributed by atoms with E-state index in [0.717, 1.165) is 42.5 Å². The van der Waals surface area contributed by atoms with Crippen LogP contribution in [0.5, 0.6) is 0 Å². The van der Waals surface area contributed by atoms with Crippen molar-refractivity contribution in [1.82, 2.24) is 0 Å². The first-order chi connectivity index (χ1) is 14.4. The molecular formula is C21H24N2O5S2. The summed E-state index contributed by atoms with van der Waals surface area (Å²) in [5, 5.41) is 3.36. The van der Waals surface area contributed by atoms with Crippen molar-refractivity contribution < 1.29 is 22.7 Å². The number of methoxy groups -OCH3 is 1. The maximum absolute atomic E-state index is 13.0. The minimum absolute atomic E-state index is 0.118. The van der Waals surface area contributed by atoms with E-state index in [1.807, 2.05) is 0 Å². The number of carbonyl (C=O) groups is 2. The van der Waals surface area contributed by atoms with Gasteiger partial charge in [0.15, 0.2) is 0 Å². The Kier molecular flexibility index (Phi) is 5.84. The number of ether oxygens (including phenoxy) is 1. The molecule has 1 aromatic heterocycles. The fourth-order valence-electron chi connectivity index (χ4n) is 4.03. The van der Waals surface area contributed by atoms with Crippen molar-refractivity contribution in [2.75, 3.05) is 29.0 Å². The second-order valence-electron chi connectivity index (χ2n) is 7.51. The van der Waals surface area contributed by atoms with Crippen LogP contribution in [-0.4, -0.2) is 39.7 Å². The van der Waals surface area contributed by atoms with Gasteiger partial charge in [-0.15, -0.1) is 11.3 Å². The average molecular weight is 449 g/mol. The molecule has 1 aromatic carbocycles. The average Bonchev–Trinajstić information content (AvgIpc) is 3.10. The molecule has 0 spiro atoms. The zero-order valence-corrected chi connectivity index (χ0v) is 18.4. The SMILES string of the molecule is COC(=O)c1c(NC(=O)c2cccc(N3CCCCS3(=O)=O)c2)sc2c1CCCC2. The third-order valence-electron chi connectivity index (χ3n) is 5.53. The van der Waals surface area contributed by atoms with E-state index in [0.29, 0.717) is 34.8 Å². The Morgan fingerprint density at radius 2 is 1.93 bits per heavy atom. The van der Waals surface area contributed by atoms with Crippen LogP contribution in [0.25, 0.3) is 0 Å². The van der Waals surface area contributed by atoms with Gasteiger partial charge in [-0.2, -0.15) is 0 Å². The molecule has 1 aliphatic carbocycles. The van der Waals surface area contributed by atoms with E-state index in [2.05, 4.69) is 5.32 Å². The molecule has 0 radical (unpaired) electrons. The highest BCUT2D eigenvalue weighted by atomic mass is 32.2. The van der Waals surface area contributed by atoms with Gasteiger partial charge in [-0.1, -0.05) is 6.07 Å². The molecule has 1 N–H and O–H groups in total. The van der Waals surface area contributed by atoms with Crippen molar-refractivity contribution in [2.24, 2.45) is 0 Å². The summed E-state index contributed by atoms with van der Waals surface area (Å²) in [7, 11) is -2.02. The van der Waals surface area contributed by atoms with E-state index in [9.17, 15) is 18.0 Å². The van der Waals surface area contributed by atoms with Crippen molar-refractivity contribution in [3.05, 3.63) is 45.8 Å². The molecule has 4 rings (SSSR count). The lowest BCUT2D eigenvalue weighted by Crippen LogP contribution is -2.37. The highest BCUT2D eigenvalue weighted by Crippen LogP contribution is 2.38. The summed E-state index contributed by atoms with van der Waals surface area (Å²) in [6.45, 7) is 0.414. The first-order valence-electron chi connectivity index (χ1n) is 10.1. The summed E-state index contributed by atoms with van der Waals surface area (Å²) in [5.74, 6) is -0.708. The Hall–Kier alpha value is -2.39. The number of amides is 1. The summed E-state index contributed by atoms with van der Waals surface area (Å²) < 4.78 is 31.1. The summed E-state index contributed by atoms with van der Waals surface area (Å²) in [6.07, 6.45) is 5.20. The molecule has 0 atom stereocenters. The van der Waals surface area contributed by atoms with Crippen molar-refractivity contribution in [3.63, 3.8) is 0 Å². The van der Waals surface area contributed by atoms with Crippen molar-refractivity contribution in [2.45, 2.75) is 38.5 Å². The van der Waals surface area contributed by atoms with E-state index in [-0.39, 0.29) is 11.7 Å². The molecule has 0 unspecified atom stereocenters. The molecular weight excluding hydrogens is 424 g/mol. The number of nitrogens with one attached hydrogen (secondary N) is 1. The number of carbonyl (C=O) groups excluding carboxylic acids is 2. The lowest BCUT2D eigenvalue weighted by molar-refractivity contribution is 0.0601. The highest BCUT2D eigenvalue weighted by molar-refractivity contribution is 7.92. The van der Waals surface area contributed by atoms with Crippen molar-refractivity contribution in [1.29, 1.82) is 0 Å². The number of aryl methyl sites for hydroxylation is 1. The molecule has 2 aromatic rings. The maximum atomic E-state index is 13.0. The topological polar surface area (TPSA) is 92.8 Å². The zero-order chi connectivity index (χ0) is 21.3. The van der Waals surface area contributed by atoms with Crippen molar-refractivity contribution >= 4 is 43.9 Å². The van der Waals surface area contributed by atoms with Gasteiger partial charge in [0.25, 0.3) is 5.91 Å². The van der Waals surface area contributed by atoms with Crippen LogP contribution in [0, 0.1) is 0 Å². The minimum atomic E-state index is -3.36. The summed E-state index contributed by atoms with van der Waals surface area (Å²) >= 11 is 1.42. The number of thiophene rings is 1. The Labute approximate surface area is 180 Å². The van der Waals surface area contributed by atoms with Crippen molar-refractivity contribution in [3.8, 4) is 0 Å². The van der Waals surface area contributed by atoms with Gasteiger partial charge in [0, 0.05) is 17.0 Å². The third kappa shape index (κ3) is 3.96. The van der Waals surface area contributed by atoms with Crippen LogP contribution in [0.3, 0.4) is 0 Å². The van der Waals surface area contributed by atoms with E-state index >= 15 is 0 Å². The van der Waals surface area contributed by atoms with Crippen LogP contribution in [0.1, 0.15) is 56.8 Å². The lowest BCUT2D eigenvalue weighted by atomic mass is 9.95. The number of hydrogen-bond acceptors (Lipinski definition) is 6. The quantitative estimate of drug-likeness (QED) is 0.722. The maximum Gasteiger partial charge on any atom is 0.341 e. The number of nitrogens with zero attached hydrogens (tertiary/aromatic N) is 1. The number of fused-ring (bicyclic) bond motifs is 1. The molecule has 2 heterocycles. The van der Waals surface area contributed by atoms with Crippen LogP contribution in [0.15, 0.2) is 24.3 Å². The first-order valence-corrected chi connectivity index (χ1v) is 12.5. The van der Waals surface area contributed by atoms with Crippen LogP contribution in [0.4, 0.5) is 10.7 Å². The molecule has 0 bridgehead atoms. The molecule has 30 heavy (non-hydrogen) atoms. The fraction of sp³-hybridized carbons (Fsp3) is 0.429. The molecule has 1 aliphatic heterocycles. The fourth-order valence-corrected chi connectivity index (χ4v) is 6.93. The molecule has 1 saturated heterocycles. The zero-order valence-electron chi connectivity index (χ0n) is 16.8. The highest BCUT2D eigenvalue weighted by Gasteiger charge is 2.28. The number of anilines is 2. The third-order valence-corrected chi connectivity index (χ3v) is 8.61. The smallest absolute Gasteiger partial charge is 0.341 e. The van der Waals surface area contributed by atoms with Gasteiger partial charge in [0.2, 0.25) is 10.0 Å². The monoisotopic (exact) mass is 448 g/mol. The standard InChI is InChI=1S/C21H24N2O5S2/c1-28-21(25)18-16-9-2-3-10-17(16)29-20(18)22-19(24)14-7-6-8-15(13-14)23-11-4-5-12-30(23,26)27/h6-8,13H,2-5,9-12H2,1H3,(H,22,24). The van der Waals surface area contributed by atoms with Gasteiger partial charge in [-0.05, 0) is 62.3 Å². The predicted octanol–water partition coefficient (Wildman–Crippen LogP) is 3.60. The van der Waals surface area contributed by atoms with E-state index in [1.165, 1.54) is 22.8 Å². The molecule has 0 saturated carbocycles. The second kappa shape index (κ2) is 8.39. The number of esters is 1. The second-order valence-corrected chi connectivity index (χ2v) is 10.6. The van der Waals surface area contributed by atoms with Crippen LogP contribution >= 0.6 is 11.3 Å². The number of sulfonamides is 1. The predicted molar refractivity (Wildman–Crippen MR) is 117 cm³/mol. The molecule has 7 nitrogen and oxygen atoms in total. The van der Waals surface area contributed by atoms with E-state index in [1.54, 1.807) is 24.3 Å². The first kappa shape index (κ1) is 20.9. The number of hydrogen-bond donors (Lipinski definition) is 1. The van der Waals surface area contributed by atoms with Gasteiger partial charge >= 0.3 is 5.97 Å². The van der Waals surface area contributed by atoms with Gasteiger partial charge < -0.3 is 10.1 Å². The molecule has 2 aliphatic rings. The summed E-state index contributed by atoms with van der Waals surface area (Å²) in [6, 6.07) is 6.60. The van der Waals surface area contributed by atoms with E-state index < -0.39 is 16.0 Å². The molecule has 1 amide bonds. The lowest BCUT2D eigenvalue weighted by Gasteiger charge is -2.28. The summed E-state index contributed by atoms with van der Waals surface area (Å²) in [4.78, 5) is 26.5. The number of benzene rings is 1. The molecule has 160 valence electrons. The van der Waals surface area contributed by atoms with E-state index in [4.69, 9.17) is 4.74 Å². The van der Waals surface area contributed by atoms with Gasteiger partial charge in [-0.3, -0.25) is 9.10 Å². The molecule has 1 fully saturated rings. The summed E-state index contributed by atoms with van der Waals surface area (Å²) in [5.41, 5.74) is 2.25. The number of rotatable bonds is 4.